The molecule has 1 aromatic heterocycles. The highest BCUT2D eigenvalue weighted by Crippen LogP contribution is 2.41. The Morgan fingerprint density at radius 2 is 1.66 bits per heavy atom. The third-order valence-corrected chi connectivity index (χ3v) is 8.51. The van der Waals surface area contributed by atoms with Crippen LogP contribution in [0.3, 0.4) is 0 Å². The monoisotopic (exact) mass is 470 g/mol. The molecule has 0 radical (unpaired) electrons. The molecule has 6 nitrogen and oxygen atoms in total. The molecule has 0 saturated heterocycles. The maximum Gasteiger partial charge on any atom is 0.251 e. The highest BCUT2D eigenvalue weighted by Gasteiger charge is 2.36. The van der Waals surface area contributed by atoms with Crippen molar-refractivity contribution in [1.82, 2.24) is 15.3 Å². The van der Waals surface area contributed by atoms with Crippen molar-refractivity contribution in [1.29, 1.82) is 0 Å². The fraction of sp³-hybridized carbons (Fsp3) is 0.483. The van der Waals surface area contributed by atoms with E-state index in [4.69, 9.17) is 4.98 Å². The number of amides is 2. The molecule has 0 aliphatic heterocycles. The average molecular weight is 471 g/mol. The van der Waals surface area contributed by atoms with Crippen LogP contribution in [0.5, 0.6) is 0 Å². The summed E-state index contributed by atoms with van der Waals surface area (Å²) in [5.74, 6) is 2.47. The Bertz CT molecular complexity index is 1220. The Morgan fingerprint density at radius 1 is 0.886 bits per heavy atom. The number of anilines is 1. The van der Waals surface area contributed by atoms with E-state index >= 15 is 0 Å². The summed E-state index contributed by atoms with van der Waals surface area (Å²) in [5.41, 5.74) is 4.16. The largest absolute Gasteiger partial charge is 0.349 e. The lowest BCUT2D eigenvalue weighted by molar-refractivity contribution is -0.120. The summed E-state index contributed by atoms with van der Waals surface area (Å²) >= 11 is 0. The van der Waals surface area contributed by atoms with Crippen molar-refractivity contribution in [3.05, 3.63) is 48.0 Å². The molecule has 0 spiro atoms. The first-order chi connectivity index (χ1) is 17.1. The van der Waals surface area contributed by atoms with Gasteiger partial charge in [0, 0.05) is 28.8 Å². The van der Waals surface area contributed by atoms with E-state index in [1.807, 2.05) is 42.5 Å². The number of nitrogens with zero attached hydrogens (tertiary/aromatic N) is 1. The summed E-state index contributed by atoms with van der Waals surface area (Å²) in [7, 11) is 0. The van der Waals surface area contributed by atoms with E-state index in [0.717, 1.165) is 66.1 Å². The number of hydrogen-bond donors (Lipinski definition) is 3. The van der Waals surface area contributed by atoms with Crippen LogP contribution in [-0.4, -0.2) is 27.8 Å². The lowest BCUT2D eigenvalue weighted by atomic mass is 9.68. The van der Waals surface area contributed by atoms with E-state index < -0.39 is 0 Å². The number of carbonyl (C=O) groups is 2. The summed E-state index contributed by atoms with van der Waals surface area (Å²) < 4.78 is 0. The molecule has 4 aliphatic carbocycles. The number of imidazole rings is 1. The Morgan fingerprint density at radius 3 is 2.37 bits per heavy atom. The summed E-state index contributed by atoms with van der Waals surface area (Å²) in [6.45, 7) is 0. The lowest BCUT2D eigenvalue weighted by Crippen LogP contribution is -2.47. The molecule has 2 aromatic carbocycles. The van der Waals surface area contributed by atoms with Crippen molar-refractivity contribution in [2.45, 2.75) is 70.3 Å². The van der Waals surface area contributed by atoms with Crippen molar-refractivity contribution in [3.63, 3.8) is 0 Å². The van der Waals surface area contributed by atoms with Gasteiger partial charge in [0.25, 0.3) is 5.91 Å². The van der Waals surface area contributed by atoms with Gasteiger partial charge in [-0.15, -0.1) is 0 Å². The van der Waals surface area contributed by atoms with Gasteiger partial charge in [-0.25, -0.2) is 4.98 Å². The second kappa shape index (κ2) is 9.48. The summed E-state index contributed by atoms with van der Waals surface area (Å²) in [6.07, 6.45) is 11.8. The number of aromatic nitrogens is 2. The zero-order chi connectivity index (χ0) is 23.8. The van der Waals surface area contributed by atoms with Crippen LogP contribution < -0.4 is 10.6 Å². The van der Waals surface area contributed by atoms with Crippen molar-refractivity contribution in [3.8, 4) is 11.4 Å². The van der Waals surface area contributed by atoms with Crippen molar-refractivity contribution >= 4 is 28.5 Å². The average Bonchev–Trinajstić information content (AvgIpc) is 3.33. The maximum atomic E-state index is 12.8. The molecule has 1 heterocycles. The minimum absolute atomic E-state index is 0.0251. The summed E-state index contributed by atoms with van der Waals surface area (Å²) in [5, 5.41) is 6.38. The summed E-state index contributed by atoms with van der Waals surface area (Å²) in [4.78, 5) is 33.6. The third-order valence-electron chi connectivity index (χ3n) is 8.51. The molecule has 4 saturated carbocycles. The predicted octanol–water partition coefficient (Wildman–Crippen LogP) is 6.06. The Balaban J connectivity index is 1.13. The van der Waals surface area contributed by atoms with Gasteiger partial charge in [-0.3, -0.25) is 9.59 Å². The molecule has 6 heteroatoms. The molecule has 7 rings (SSSR count). The Labute approximate surface area is 206 Å². The quantitative estimate of drug-likeness (QED) is 0.424. The number of fused-ring (bicyclic) bond motifs is 4. The predicted molar refractivity (Wildman–Crippen MR) is 138 cm³/mol. The van der Waals surface area contributed by atoms with Crippen molar-refractivity contribution < 1.29 is 9.59 Å². The van der Waals surface area contributed by atoms with Gasteiger partial charge >= 0.3 is 0 Å². The fourth-order valence-electron chi connectivity index (χ4n) is 6.42. The highest BCUT2D eigenvalue weighted by molar-refractivity contribution is 5.96. The van der Waals surface area contributed by atoms with Crippen LogP contribution >= 0.6 is 0 Å². The van der Waals surface area contributed by atoms with Gasteiger partial charge in [0.2, 0.25) is 5.91 Å². The SMILES string of the molecule is O=C(NC1CC2CCC1CC2)c1ccc(-c2nc3ccc(NC(=O)C4CCCCC4)cc3[nH]2)cc1. The molecule has 2 amide bonds. The number of carbonyl (C=O) groups excluding carboxylic acids is 2. The second-order valence-corrected chi connectivity index (χ2v) is 10.8. The van der Waals surface area contributed by atoms with E-state index in [9.17, 15) is 9.59 Å². The number of nitrogens with one attached hydrogen (secondary N) is 3. The first kappa shape index (κ1) is 22.3. The minimum atomic E-state index is 0.0251. The number of rotatable bonds is 5. The molecule has 2 bridgehead atoms. The van der Waals surface area contributed by atoms with E-state index in [2.05, 4.69) is 15.6 Å². The van der Waals surface area contributed by atoms with Gasteiger partial charge in [-0.05, 0) is 74.3 Å². The van der Waals surface area contributed by atoms with Crippen molar-refractivity contribution in [2.24, 2.45) is 17.8 Å². The molecule has 4 aliphatic rings. The number of hydrogen-bond acceptors (Lipinski definition) is 3. The first-order valence-corrected chi connectivity index (χ1v) is 13.3. The van der Waals surface area contributed by atoms with Crippen molar-refractivity contribution in [2.75, 3.05) is 5.32 Å². The van der Waals surface area contributed by atoms with E-state index in [0.29, 0.717) is 17.5 Å². The zero-order valence-electron chi connectivity index (χ0n) is 20.2. The molecule has 182 valence electrons. The fourth-order valence-corrected chi connectivity index (χ4v) is 6.42. The van der Waals surface area contributed by atoms with Gasteiger partial charge in [-0.1, -0.05) is 44.2 Å². The summed E-state index contributed by atoms with van der Waals surface area (Å²) in [6, 6.07) is 13.8. The molecule has 35 heavy (non-hydrogen) atoms. The van der Waals surface area contributed by atoms with E-state index in [-0.39, 0.29) is 17.7 Å². The topological polar surface area (TPSA) is 86.9 Å². The molecule has 1 unspecified atom stereocenters. The van der Waals surface area contributed by atoms with Gasteiger partial charge in [0.05, 0.1) is 11.0 Å². The smallest absolute Gasteiger partial charge is 0.251 e. The second-order valence-electron chi connectivity index (χ2n) is 10.8. The standard InChI is InChI=1S/C29H34N4O2/c34-28(21-4-2-1-3-5-21)30-23-14-15-24-26(17-23)32-27(31-24)20-10-12-22(13-11-20)29(35)33-25-16-18-6-8-19(25)9-7-18/h10-15,17-19,21,25H,1-9,16H2,(H,30,34)(H,31,32)(H,33,35). The zero-order valence-corrected chi connectivity index (χ0v) is 20.2. The molecule has 3 aromatic rings. The molecular weight excluding hydrogens is 436 g/mol. The molecule has 3 N–H and O–H groups in total. The number of aromatic amines is 1. The van der Waals surface area contributed by atoms with Gasteiger partial charge < -0.3 is 15.6 Å². The van der Waals surface area contributed by atoms with Gasteiger partial charge in [0.15, 0.2) is 0 Å². The first-order valence-electron chi connectivity index (χ1n) is 13.3. The number of benzene rings is 2. The van der Waals surface area contributed by atoms with Crippen LogP contribution in [0.15, 0.2) is 42.5 Å². The Hall–Kier alpha value is -3.15. The van der Waals surface area contributed by atoms with Crippen LogP contribution in [0.25, 0.3) is 22.4 Å². The molecule has 4 fully saturated rings. The van der Waals surface area contributed by atoms with Gasteiger partial charge in [-0.2, -0.15) is 0 Å². The van der Waals surface area contributed by atoms with Crippen LogP contribution in [0.4, 0.5) is 5.69 Å². The molecule has 1 atom stereocenters. The third kappa shape index (κ3) is 4.71. The highest BCUT2D eigenvalue weighted by atomic mass is 16.2. The van der Waals surface area contributed by atoms with Crippen LogP contribution in [0.1, 0.15) is 74.6 Å². The van der Waals surface area contributed by atoms with Gasteiger partial charge in [0.1, 0.15) is 5.82 Å². The van der Waals surface area contributed by atoms with Crippen LogP contribution in [0, 0.1) is 17.8 Å². The normalized spacial score (nSPS) is 24.4. The van der Waals surface area contributed by atoms with E-state index in [1.54, 1.807) is 0 Å². The minimum Gasteiger partial charge on any atom is -0.349 e. The molecular formula is C29H34N4O2. The Kier molecular flexibility index (Phi) is 6.05. The maximum absolute atomic E-state index is 12.8. The number of H-pyrrole nitrogens is 1. The van der Waals surface area contributed by atoms with Crippen LogP contribution in [0.2, 0.25) is 0 Å². The van der Waals surface area contributed by atoms with Crippen LogP contribution in [-0.2, 0) is 4.79 Å². The lowest BCUT2D eigenvalue weighted by Gasteiger charge is -2.42. The van der Waals surface area contributed by atoms with E-state index in [1.165, 1.54) is 32.1 Å².